The van der Waals surface area contributed by atoms with Crippen molar-refractivity contribution in [3.05, 3.63) is 24.3 Å². The van der Waals surface area contributed by atoms with Crippen molar-refractivity contribution in [3.8, 4) is 5.75 Å². The molecule has 0 fully saturated rings. The molecule has 0 atom stereocenters. The zero-order valence-electron chi connectivity index (χ0n) is 14.2. The number of benzene rings is 1. The molecule has 0 radical (unpaired) electrons. The van der Waals surface area contributed by atoms with Crippen LogP contribution in [0.15, 0.2) is 24.3 Å². The third kappa shape index (κ3) is 14.7. The predicted octanol–water partition coefficient (Wildman–Crippen LogP) is 4.56. The van der Waals surface area contributed by atoms with Crippen molar-refractivity contribution in [3.63, 3.8) is 0 Å². The van der Waals surface area contributed by atoms with E-state index >= 15 is 0 Å². The molecule has 0 bridgehead atoms. The maximum absolute atomic E-state index is 10.5. The molecule has 5 heteroatoms. The van der Waals surface area contributed by atoms with Gasteiger partial charge in [0.2, 0.25) is 5.91 Å². The summed E-state index contributed by atoms with van der Waals surface area (Å²) in [4.78, 5) is 20.7. The van der Waals surface area contributed by atoms with Gasteiger partial charge >= 0.3 is 5.97 Å². The highest BCUT2D eigenvalue weighted by Crippen LogP contribution is 2.13. The van der Waals surface area contributed by atoms with Crippen molar-refractivity contribution < 1.29 is 19.8 Å². The number of amides is 1. The van der Waals surface area contributed by atoms with Crippen molar-refractivity contribution in [2.45, 2.75) is 65.2 Å². The maximum Gasteiger partial charge on any atom is 0.303 e. The van der Waals surface area contributed by atoms with E-state index in [4.69, 9.17) is 10.2 Å². The largest absolute Gasteiger partial charge is 0.508 e. The lowest BCUT2D eigenvalue weighted by Crippen LogP contribution is -2.04. The minimum absolute atomic E-state index is 0.115. The van der Waals surface area contributed by atoms with Crippen LogP contribution in [0.2, 0.25) is 0 Å². The average molecular weight is 323 g/mol. The second kappa shape index (κ2) is 13.6. The highest BCUT2D eigenvalue weighted by Gasteiger charge is 1.95. The average Bonchev–Trinajstić information content (AvgIpc) is 2.49. The van der Waals surface area contributed by atoms with Crippen LogP contribution >= 0.6 is 0 Å². The van der Waals surface area contributed by atoms with E-state index in [1.54, 1.807) is 12.1 Å². The number of hydrogen-bond acceptors (Lipinski definition) is 3. The van der Waals surface area contributed by atoms with Crippen LogP contribution in [-0.2, 0) is 9.59 Å². The second-order valence-corrected chi connectivity index (χ2v) is 5.49. The summed E-state index contributed by atoms with van der Waals surface area (Å²) in [7, 11) is 0. The molecular formula is C18H29NO4. The van der Waals surface area contributed by atoms with Crippen LogP contribution in [0.1, 0.15) is 65.2 Å². The molecule has 0 aliphatic rings. The normalized spacial score (nSPS) is 9.65. The number of phenolic OH excluding ortho intramolecular Hbond substituents is 1. The summed E-state index contributed by atoms with van der Waals surface area (Å²) >= 11 is 0. The van der Waals surface area contributed by atoms with Gasteiger partial charge in [0.15, 0.2) is 0 Å². The molecule has 5 nitrogen and oxygen atoms in total. The SMILES string of the molecule is CC(=O)Nc1ccc(O)cc1.CCCCCCCCCC(=O)O. The fourth-order valence-electron chi connectivity index (χ4n) is 1.98. The Hall–Kier alpha value is -2.04. The fraction of sp³-hybridized carbons (Fsp3) is 0.556. The number of nitrogens with one attached hydrogen (secondary N) is 1. The number of unbranched alkanes of at least 4 members (excludes halogenated alkanes) is 6. The van der Waals surface area contributed by atoms with Gasteiger partial charge in [0, 0.05) is 19.0 Å². The summed E-state index contributed by atoms with van der Waals surface area (Å²) in [6.07, 6.45) is 8.64. The van der Waals surface area contributed by atoms with Gasteiger partial charge in [0.1, 0.15) is 5.75 Å². The number of rotatable bonds is 9. The molecule has 130 valence electrons. The van der Waals surface area contributed by atoms with Crippen LogP contribution in [0, 0.1) is 0 Å². The third-order valence-electron chi connectivity index (χ3n) is 3.18. The van der Waals surface area contributed by atoms with Gasteiger partial charge < -0.3 is 15.5 Å². The van der Waals surface area contributed by atoms with Crippen LogP contribution < -0.4 is 5.32 Å². The smallest absolute Gasteiger partial charge is 0.303 e. The number of carboxylic acids is 1. The molecule has 0 spiro atoms. The number of carbonyl (C=O) groups excluding carboxylic acids is 1. The first-order valence-electron chi connectivity index (χ1n) is 8.24. The lowest BCUT2D eigenvalue weighted by atomic mass is 10.1. The summed E-state index contributed by atoms with van der Waals surface area (Å²) in [5.41, 5.74) is 0.690. The number of carbonyl (C=O) groups is 2. The Balaban J connectivity index is 0.000000422. The van der Waals surface area contributed by atoms with Crippen molar-refractivity contribution in [1.29, 1.82) is 0 Å². The number of hydrogen-bond donors (Lipinski definition) is 3. The summed E-state index contributed by atoms with van der Waals surface area (Å²) in [5, 5.41) is 19.8. The number of phenols is 1. The Morgan fingerprint density at radius 2 is 1.48 bits per heavy atom. The molecule has 0 saturated carbocycles. The van der Waals surface area contributed by atoms with Crippen molar-refractivity contribution in [1.82, 2.24) is 0 Å². The molecule has 1 amide bonds. The highest BCUT2D eigenvalue weighted by atomic mass is 16.4. The van der Waals surface area contributed by atoms with E-state index in [0.717, 1.165) is 12.8 Å². The van der Waals surface area contributed by atoms with Crippen molar-refractivity contribution >= 4 is 17.6 Å². The summed E-state index contributed by atoms with van der Waals surface area (Å²) in [5.74, 6) is -0.585. The minimum atomic E-state index is -0.663. The van der Waals surface area contributed by atoms with Crippen molar-refractivity contribution in [2.75, 3.05) is 5.32 Å². The van der Waals surface area contributed by atoms with Gasteiger partial charge in [0.05, 0.1) is 0 Å². The molecule has 3 N–H and O–H groups in total. The standard InChI is InChI=1S/C10H20O2.C8H9NO2/c1-2-3-4-5-6-7-8-9-10(11)12;1-6(10)9-7-2-4-8(11)5-3-7/h2-9H2,1H3,(H,11,12);2-5,11H,1H3,(H,9,10). The van der Waals surface area contributed by atoms with E-state index in [2.05, 4.69) is 12.2 Å². The molecule has 1 aromatic rings. The highest BCUT2D eigenvalue weighted by molar-refractivity contribution is 5.88. The van der Waals surface area contributed by atoms with Gasteiger partial charge in [-0.25, -0.2) is 0 Å². The summed E-state index contributed by atoms with van der Waals surface area (Å²) in [6.45, 7) is 3.64. The first-order chi connectivity index (χ1) is 11.0. The molecule has 0 aromatic heterocycles. The molecule has 1 aromatic carbocycles. The zero-order valence-corrected chi connectivity index (χ0v) is 14.2. The Kier molecular flexibility index (Phi) is 12.4. The van der Waals surface area contributed by atoms with E-state index in [0.29, 0.717) is 12.1 Å². The van der Waals surface area contributed by atoms with E-state index < -0.39 is 5.97 Å². The molecule has 0 heterocycles. The molecule has 0 saturated heterocycles. The molecule has 0 unspecified atom stereocenters. The van der Waals surface area contributed by atoms with Gasteiger partial charge in [-0.15, -0.1) is 0 Å². The van der Waals surface area contributed by atoms with Gasteiger partial charge in [-0.05, 0) is 30.7 Å². The van der Waals surface area contributed by atoms with Gasteiger partial charge in [-0.2, -0.15) is 0 Å². The van der Waals surface area contributed by atoms with E-state index in [9.17, 15) is 9.59 Å². The second-order valence-electron chi connectivity index (χ2n) is 5.49. The lowest BCUT2D eigenvalue weighted by molar-refractivity contribution is -0.137. The monoisotopic (exact) mass is 323 g/mol. The Morgan fingerprint density at radius 3 is 1.96 bits per heavy atom. The van der Waals surface area contributed by atoms with E-state index in [1.165, 1.54) is 51.2 Å². The Bertz CT molecular complexity index is 443. The number of aliphatic carboxylic acids is 1. The van der Waals surface area contributed by atoms with E-state index in [-0.39, 0.29) is 11.7 Å². The topological polar surface area (TPSA) is 86.6 Å². The van der Waals surface area contributed by atoms with Crippen LogP contribution in [-0.4, -0.2) is 22.1 Å². The third-order valence-corrected chi connectivity index (χ3v) is 3.18. The van der Waals surface area contributed by atoms with Crippen molar-refractivity contribution in [2.24, 2.45) is 0 Å². The summed E-state index contributed by atoms with van der Waals surface area (Å²) < 4.78 is 0. The van der Waals surface area contributed by atoms with Crippen LogP contribution in [0.5, 0.6) is 5.75 Å². The number of aromatic hydroxyl groups is 1. The predicted molar refractivity (Wildman–Crippen MR) is 92.7 cm³/mol. The summed E-state index contributed by atoms with van der Waals surface area (Å²) in [6, 6.07) is 6.31. The number of carboxylic acid groups (broad SMARTS) is 1. The molecule has 23 heavy (non-hydrogen) atoms. The molecular weight excluding hydrogens is 294 g/mol. The Morgan fingerprint density at radius 1 is 0.957 bits per heavy atom. The van der Waals surface area contributed by atoms with Gasteiger partial charge in [0.25, 0.3) is 0 Å². The minimum Gasteiger partial charge on any atom is -0.508 e. The van der Waals surface area contributed by atoms with Gasteiger partial charge in [-0.1, -0.05) is 45.4 Å². The first kappa shape index (κ1) is 21.0. The lowest BCUT2D eigenvalue weighted by Gasteiger charge is -1.99. The molecule has 0 aliphatic heterocycles. The van der Waals surface area contributed by atoms with Crippen LogP contribution in [0.4, 0.5) is 5.69 Å². The number of anilines is 1. The van der Waals surface area contributed by atoms with E-state index in [1.807, 2.05) is 0 Å². The Labute approximate surface area is 138 Å². The van der Waals surface area contributed by atoms with Crippen LogP contribution in [0.3, 0.4) is 0 Å². The molecule has 1 rings (SSSR count). The first-order valence-corrected chi connectivity index (χ1v) is 8.24. The zero-order chi connectivity index (χ0) is 17.5. The maximum atomic E-state index is 10.5. The molecule has 0 aliphatic carbocycles. The van der Waals surface area contributed by atoms with Gasteiger partial charge in [-0.3, -0.25) is 9.59 Å². The van der Waals surface area contributed by atoms with Crippen LogP contribution in [0.25, 0.3) is 0 Å². The fourth-order valence-corrected chi connectivity index (χ4v) is 1.98. The quantitative estimate of drug-likeness (QED) is 0.459.